The molecule has 0 N–H and O–H groups in total. The molecule has 1 aromatic carbocycles. The van der Waals surface area contributed by atoms with Gasteiger partial charge in [0.1, 0.15) is 11.9 Å². The minimum Gasteiger partial charge on any atom is -0.340 e. The van der Waals surface area contributed by atoms with Gasteiger partial charge in [-0.2, -0.15) is 0 Å². The fourth-order valence-corrected chi connectivity index (χ4v) is 4.06. The van der Waals surface area contributed by atoms with E-state index < -0.39 is 0 Å². The quantitative estimate of drug-likeness (QED) is 0.854. The van der Waals surface area contributed by atoms with Crippen LogP contribution in [0.4, 0.5) is 4.39 Å². The molecule has 5 heteroatoms. The summed E-state index contributed by atoms with van der Waals surface area (Å²) >= 11 is 0. The Morgan fingerprint density at radius 2 is 1.88 bits per heavy atom. The summed E-state index contributed by atoms with van der Waals surface area (Å²) in [7, 11) is 0. The fraction of sp³-hybridized carbons (Fsp3) is 0.579. The third-order valence-electron chi connectivity index (χ3n) is 5.57. The summed E-state index contributed by atoms with van der Waals surface area (Å²) in [6.45, 7) is 2.04. The molecule has 128 valence electrons. The molecule has 4 rings (SSSR count). The number of hydrogen-bond donors (Lipinski definition) is 0. The Balaban J connectivity index is 1.42. The summed E-state index contributed by atoms with van der Waals surface area (Å²) in [5.74, 6) is 0.386. The molecule has 2 aliphatic heterocycles. The SMILES string of the molecule is O=C([C@@H]1CCCN1C(=O)C1CC1)N1CC[C@@H](c2cccc(F)c2)C1. The molecule has 3 aliphatic rings. The van der Waals surface area contributed by atoms with Gasteiger partial charge in [0.25, 0.3) is 0 Å². The van der Waals surface area contributed by atoms with E-state index in [2.05, 4.69) is 0 Å². The molecule has 0 bridgehead atoms. The molecule has 24 heavy (non-hydrogen) atoms. The molecular weight excluding hydrogens is 307 g/mol. The second-order valence-electron chi connectivity index (χ2n) is 7.29. The van der Waals surface area contributed by atoms with Crippen molar-refractivity contribution in [2.24, 2.45) is 5.92 Å². The van der Waals surface area contributed by atoms with Crippen molar-refractivity contribution in [1.29, 1.82) is 0 Å². The molecule has 2 heterocycles. The van der Waals surface area contributed by atoms with Gasteiger partial charge in [-0.1, -0.05) is 12.1 Å². The third kappa shape index (κ3) is 2.92. The molecule has 1 saturated carbocycles. The summed E-state index contributed by atoms with van der Waals surface area (Å²) in [5.41, 5.74) is 0.961. The van der Waals surface area contributed by atoms with Gasteiger partial charge in [-0.05, 0) is 49.8 Å². The number of rotatable bonds is 3. The predicted molar refractivity (Wildman–Crippen MR) is 87.8 cm³/mol. The monoisotopic (exact) mass is 330 g/mol. The average Bonchev–Trinajstić information content (AvgIpc) is 3.12. The van der Waals surface area contributed by atoms with Crippen LogP contribution in [-0.4, -0.2) is 47.3 Å². The molecule has 0 unspecified atom stereocenters. The van der Waals surface area contributed by atoms with Crippen LogP contribution in [0, 0.1) is 11.7 Å². The van der Waals surface area contributed by atoms with Crippen LogP contribution in [0.1, 0.15) is 43.6 Å². The second kappa shape index (κ2) is 6.19. The molecule has 2 amide bonds. The van der Waals surface area contributed by atoms with Crippen molar-refractivity contribution in [1.82, 2.24) is 9.80 Å². The first-order valence-corrected chi connectivity index (χ1v) is 8.98. The standard InChI is InChI=1S/C19H23FN2O2/c20-16-4-1-3-14(11-16)15-8-10-21(12-15)19(24)17-5-2-9-22(17)18(23)13-6-7-13/h1,3-4,11,13,15,17H,2,5-10,12H2/t15-,17+/m1/s1. The lowest BCUT2D eigenvalue weighted by atomic mass is 9.98. The molecular formula is C19H23FN2O2. The van der Waals surface area contributed by atoms with Crippen LogP contribution in [0.2, 0.25) is 0 Å². The Bertz CT molecular complexity index is 659. The zero-order chi connectivity index (χ0) is 16.7. The Morgan fingerprint density at radius 3 is 2.62 bits per heavy atom. The van der Waals surface area contributed by atoms with Crippen LogP contribution >= 0.6 is 0 Å². The van der Waals surface area contributed by atoms with Crippen LogP contribution in [0.3, 0.4) is 0 Å². The van der Waals surface area contributed by atoms with Crippen molar-refractivity contribution in [3.8, 4) is 0 Å². The van der Waals surface area contributed by atoms with E-state index in [1.54, 1.807) is 12.1 Å². The highest BCUT2D eigenvalue weighted by Gasteiger charge is 2.43. The van der Waals surface area contributed by atoms with Gasteiger partial charge in [0.05, 0.1) is 0 Å². The maximum absolute atomic E-state index is 13.4. The van der Waals surface area contributed by atoms with Gasteiger partial charge in [0.15, 0.2) is 0 Å². The molecule has 3 fully saturated rings. The highest BCUT2D eigenvalue weighted by atomic mass is 19.1. The number of amides is 2. The van der Waals surface area contributed by atoms with Gasteiger partial charge in [-0.25, -0.2) is 4.39 Å². The number of halogens is 1. The molecule has 0 aromatic heterocycles. The van der Waals surface area contributed by atoms with Crippen molar-refractivity contribution < 1.29 is 14.0 Å². The highest BCUT2D eigenvalue weighted by Crippen LogP contribution is 2.35. The lowest BCUT2D eigenvalue weighted by Crippen LogP contribution is -2.47. The second-order valence-corrected chi connectivity index (χ2v) is 7.29. The first-order valence-electron chi connectivity index (χ1n) is 8.98. The molecule has 1 aliphatic carbocycles. The zero-order valence-electron chi connectivity index (χ0n) is 13.8. The summed E-state index contributed by atoms with van der Waals surface area (Å²) in [6.07, 6.45) is 4.50. The predicted octanol–water partition coefficient (Wildman–Crippen LogP) is 2.54. The van der Waals surface area contributed by atoms with E-state index >= 15 is 0 Å². The van der Waals surface area contributed by atoms with Crippen molar-refractivity contribution in [2.45, 2.75) is 44.1 Å². The topological polar surface area (TPSA) is 40.6 Å². The first-order chi connectivity index (χ1) is 11.6. The third-order valence-corrected chi connectivity index (χ3v) is 5.57. The molecule has 2 saturated heterocycles. The Morgan fingerprint density at radius 1 is 1.04 bits per heavy atom. The summed E-state index contributed by atoms with van der Waals surface area (Å²) in [6, 6.07) is 6.39. The number of hydrogen-bond acceptors (Lipinski definition) is 2. The van der Waals surface area contributed by atoms with Crippen LogP contribution < -0.4 is 0 Å². The maximum Gasteiger partial charge on any atom is 0.245 e. The molecule has 0 spiro atoms. The Kier molecular flexibility index (Phi) is 4.02. The van der Waals surface area contributed by atoms with E-state index in [1.807, 2.05) is 15.9 Å². The van der Waals surface area contributed by atoms with E-state index in [-0.39, 0.29) is 35.5 Å². The van der Waals surface area contributed by atoms with E-state index in [9.17, 15) is 14.0 Å². The highest BCUT2D eigenvalue weighted by molar-refractivity contribution is 5.90. The van der Waals surface area contributed by atoms with Crippen LogP contribution in [0.5, 0.6) is 0 Å². The van der Waals surface area contributed by atoms with Crippen LogP contribution in [-0.2, 0) is 9.59 Å². The van der Waals surface area contributed by atoms with E-state index in [1.165, 1.54) is 6.07 Å². The minimum absolute atomic E-state index is 0.0837. The van der Waals surface area contributed by atoms with Gasteiger partial charge in [-0.15, -0.1) is 0 Å². The van der Waals surface area contributed by atoms with Crippen LogP contribution in [0.15, 0.2) is 24.3 Å². The maximum atomic E-state index is 13.4. The normalized spacial score (nSPS) is 26.9. The minimum atomic E-state index is -0.274. The fourth-order valence-electron chi connectivity index (χ4n) is 4.06. The van der Waals surface area contributed by atoms with Crippen molar-refractivity contribution >= 4 is 11.8 Å². The number of benzene rings is 1. The van der Waals surface area contributed by atoms with Crippen molar-refractivity contribution in [3.63, 3.8) is 0 Å². The average molecular weight is 330 g/mol. The van der Waals surface area contributed by atoms with Crippen molar-refractivity contribution in [2.75, 3.05) is 19.6 Å². The first kappa shape index (κ1) is 15.6. The van der Waals surface area contributed by atoms with Gasteiger partial charge in [0, 0.05) is 31.5 Å². The molecule has 1 aromatic rings. The van der Waals surface area contributed by atoms with Gasteiger partial charge in [0.2, 0.25) is 11.8 Å². The molecule has 0 radical (unpaired) electrons. The van der Waals surface area contributed by atoms with E-state index in [4.69, 9.17) is 0 Å². The van der Waals surface area contributed by atoms with Gasteiger partial charge in [-0.3, -0.25) is 9.59 Å². The lowest BCUT2D eigenvalue weighted by Gasteiger charge is -2.28. The van der Waals surface area contributed by atoms with E-state index in [0.717, 1.165) is 37.7 Å². The molecule has 4 nitrogen and oxygen atoms in total. The van der Waals surface area contributed by atoms with E-state index in [0.29, 0.717) is 19.6 Å². The summed E-state index contributed by atoms with van der Waals surface area (Å²) < 4.78 is 13.4. The Labute approximate surface area is 141 Å². The van der Waals surface area contributed by atoms with Crippen LogP contribution in [0.25, 0.3) is 0 Å². The largest absolute Gasteiger partial charge is 0.340 e. The lowest BCUT2D eigenvalue weighted by molar-refractivity contribution is -0.143. The summed E-state index contributed by atoms with van der Waals surface area (Å²) in [5, 5.41) is 0. The van der Waals surface area contributed by atoms with Gasteiger partial charge >= 0.3 is 0 Å². The number of carbonyl (C=O) groups is 2. The zero-order valence-corrected chi connectivity index (χ0v) is 13.8. The number of likely N-dealkylation sites (tertiary alicyclic amines) is 2. The Hall–Kier alpha value is -1.91. The number of nitrogens with zero attached hydrogens (tertiary/aromatic N) is 2. The number of carbonyl (C=O) groups excluding carboxylic acids is 2. The molecule has 2 atom stereocenters. The smallest absolute Gasteiger partial charge is 0.245 e. The van der Waals surface area contributed by atoms with Gasteiger partial charge < -0.3 is 9.80 Å². The summed E-state index contributed by atoms with van der Waals surface area (Å²) in [4.78, 5) is 29.0. The van der Waals surface area contributed by atoms with Crippen molar-refractivity contribution in [3.05, 3.63) is 35.6 Å².